The number of hydrogen-bond acceptors (Lipinski definition) is 4. The molecule has 1 aromatic carbocycles. The molecule has 0 saturated heterocycles. The average Bonchev–Trinajstić information content (AvgIpc) is 2.49. The summed E-state index contributed by atoms with van der Waals surface area (Å²) in [4.78, 5) is 22.6. The number of carbonyl (C=O) groups is 2. The van der Waals surface area contributed by atoms with E-state index in [4.69, 9.17) is 0 Å². The van der Waals surface area contributed by atoms with Crippen LogP contribution in [-0.4, -0.2) is 37.6 Å². The number of carbonyl (C=O) groups excluding carboxylic acids is 2. The zero-order chi connectivity index (χ0) is 15.7. The minimum absolute atomic E-state index is 0.242. The summed E-state index contributed by atoms with van der Waals surface area (Å²) in [5.41, 5.74) is 1.29. The van der Waals surface area contributed by atoms with Crippen molar-refractivity contribution in [2.24, 2.45) is 0 Å². The van der Waals surface area contributed by atoms with E-state index in [0.717, 1.165) is 12.8 Å². The van der Waals surface area contributed by atoms with E-state index in [1.165, 1.54) is 19.6 Å². The summed E-state index contributed by atoms with van der Waals surface area (Å²) in [6.07, 6.45) is 1.93. The predicted octanol–water partition coefficient (Wildman–Crippen LogP) is 1.27. The van der Waals surface area contributed by atoms with Gasteiger partial charge in [0.25, 0.3) is 0 Å². The highest BCUT2D eigenvalue weighted by Crippen LogP contribution is 2.04. The largest absolute Gasteiger partial charge is 0.467 e. The lowest BCUT2D eigenvalue weighted by Crippen LogP contribution is -2.48. The van der Waals surface area contributed by atoms with Gasteiger partial charge in [-0.15, -0.1) is 0 Å². The highest BCUT2D eigenvalue weighted by atomic mass is 16.5. The number of ether oxygens (including phenoxy) is 1. The Morgan fingerprint density at radius 2 is 1.90 bits per heavy atom. The maximum Gasteiger partial charge on any atom is 0.329 e. The van der Waals surface area contributed by atoms with Gasteiger partial charge in [0.05, 0.1) is 7.11 Å². The molecule has 0 aliphatic rings. The molecule has 0 spiro atoms. The van der Waals surface area contributed by atoms with E-state index in [2.05, 4.69) is 34.4 Å². The molecule has 5 nitrogen and oxygen atoms in total. The van der Waals surface area contributed by atoms with E-state index >= 15 is 0 Å². The lowest BCUT2D eigenvalue weighted by atomic mass is 10.1. The molecule has 116 valence electrons. The molecule has 0 aromatic heterocycles. The maximum absolute atomic E-state index is 11.6. The van der Waals surface area contributed by atoms with E-state index in [1.54, 1.807) is 0 Å². The molecule has 2 atom stereocenters. The lowest BCUT2D eigenvalue weighted by Gasteiger charge is -2.19. The van der Waals surface area contributed by atoms with Gasteiger partial charge in [0.2, 0.25) is 5.91 Å². The fourth-order valence-electron chi connectivity index (χ4n) is 2.03. The van der Waals surface area contributed by atoms with Crippen LogP contribution in [0, 0.1) is 0 Å². The number of methoxy groups -OCH3 is 1. The van der Waals surface area contributed by atoms with Crippen LogP contribution < -0.4 is 10.6 Å². The Morgan fingerprint density at radius 1 is 1.24 bits per heavy atom. The zero-order valence-corrected chi connectivity index (χ0v) is 12.9. The molecule has 1 rings (SSSR count). The molecule has 2 unspecified atom stereocenters. The van der Waals surface area contributed by atoms with Crippen LogP contribution in [0.3, 0.4) is 0 Å². The number of nitrogens with one attached hydrogen (secondary N) is 2. The Morgan fingerprint density at radius 3 is 2.48 bits per heavy atom. The number of amides is 1. The normalized spacial score (nSPS) is 13.3. The second-order valence-electron chi connectivity index (χ2n) is 5.11. The molecule has 0 bridgehead atoms. The highest BCUT2D eigenvalue weighted by molar-refractivity contribution is 5.83. The summed E-state index contributed by atoms with van der Waals surface area (Å²) in [6, 6.07) is 9.84. The van der Waals surface area contributed by atoms with Crippen LogP contribution in [0.25, 0.3) is 0 Å². The molecule has 0 radical (unpaired) electrons. The number of rotatable bonds is 8. The van der Waals surface area contributed by atoms with Crippen molar-refractivity contribution >= 4 is 11.9 Å². The van der Waals surface area contributed by atoms with E-state index < -0.39 is 12.0 Å². The molecular formula is C16H24N2O3. The molecule has 1 aromatic rings. The monoisotopic (exact) mass is 292 g/mol. The van der Waals surface area contributed by atoms with Gasteiger partial charge in [0.1, 0.15) is 6.04 Å². The molecule has 0 saturated carbocycles. The average molecular weight is 292 g/mol. The van der Waals surface area contributed by atoms with Crippen LogP contribution in [0.4, 0.5) is 0 Å². The second-order valence-corrected chi connectivity index (χ2v) is 5.11. The van der Waals surface area contributed by atoms with Gasteiger partial charge in [-0.3, -0.25) is 4.79 Å². The Balaban J connectivity index is 2.37. The van der Waals surface area contributed by atoms with Gasteiger partial charge in [-0.25, -0.2) is 4.79 Å². The van der Waals surface area contributed by atoms with Gasteiger partial charge in [0.15, 0.2) is 0 Å². The molecular weight excluding hydrogens is 268 g/mol. The summed E-state index contributed by atoms with van der Waals surface area (Å²) in [5.74, 6) is -0.683. The van der Waals surface area contributed by atoms with Crippen LogP contribution in [-0.2, 0) is 20.7 Å². The first-order valence-electron chi connectivity index (χ1n) is 7.15. The Labute approximate surface area is 126 Å². The minimum atomic E-state index is -0.647. The quantitative estimate of drug-likeness (QED) is 0.708. The van der Waals surface area contributed by atoms with Crippen LogP contribution in [0.5, 0.6) is 0 Å². The number of hydrogen-bond donors (Lipinski definition) is 2. The smallest absolute Gasteiger partial charge is 0.329 e. The third-order valence-corrected chi connectivity index (χ3v) is 3.24. The van der Waals surface area contributed by atoms with E-state index in [1.807, 2.05) is 18.2 Å². The van der Waals surface area contributed by atoms with Gasteiger partial charge < -0.3 is 15.4 Å². The second kappa shape index (κ2) is 9.13. The standard InChI is InChI=1S/C16H24N2O3/c1-12(9-10-14-7-5-4-6-8-14)17-11-15(16(20)21-3)18-13(2)19/h4-8,12,15,17H,9-11H2,1-3H3,(H,18,19). The summed E-state index contributed by atoms with van der Waals surface area (Å²) in [7, 11) is 1.32. The molecule has 0 heterocycles. The van der Waals surface area contributed by atoms with Gasteiger partial charge >= 0.3 is 5.97 Å². The van der Waals surface area contributed by atoms with Crippen LogP contribution in [0.15, 0.2) is 30.3 Å². The zero-order valence-electron chi connectivity index (χ0n) is 12.9. The van der Waals surface area contributed by atoms with Crippen molar-refractivity contribution in [2.75, 3.05) is 13.7 Å². The summed E-state index contributed by atoms with van der Waals surface area (Å²) in [6.45, 7) is 3.81. The number of benzene rings is 1. The Hall–Kier alpha value is -1.88. The van der Waals surface area contributed by atoms with E-state index in [-0.39, 0.29) is 11.9 Å². The third-order valence-electron chi connectivity index (χ3n) is 3.24. The minimum Gasteiger partial charge on any atom is -0.467 e. The topological polar surface area (TPSA) is 67.4 Å². The van der Waals surface area contributed by atoms with Crippen molar-refractivity contribution in [3.63, 3.8) is 0 Å². The van der Waals surface area contributed by atoms with Gasteiger partial charge in [-0.05, 0) is 25.3 Å². The Kier molecular flexibility index (Phi) is 7.46. The first kappa shape index (κ1) is 17.2. The summed E-state index contributed by atoms with van der Waals surface area (Å²) < 4.78 is 4.68. The van der Waals surface area contributed by atoms with Crippen molar-refractivity contribution < 1.29 is 14.3 Å². The molecule has 21 heavy (non-hydrogen) atoms. The van der Waals surface area contributed by atoms with Crippen molar-refractivity contribution in [3.8, 4) is 0 Å². The summed E-state index contributed by atoms with van der Waals surface area (Å²) >= 11 is 0. The van der Waals surface area contributed by atoms with Gasteiger partial charge in [0, 0.05) is 19.5 Å². The third kappa shape index (κ3) is 6.90. The fraction of sp³-hybridized carbons (Fsp3) is 0.500. The molecule has 0 fully saturated rings. The maximum atomic E-state index is 11.6. The Bertz CT molecular complexity index is 448. The van der Waals surface area contributed by atoms with Gasteiger partial charge in [-0.2, -0.15) is 0 Å². The fourth-order valence-corrected chi connectivity index (χ4v) is 2.03. The van der Waals surface area contributed by atoms with Crippen molar-refractivity contribution in [2.45, 2.75) is 38.8 Å². The first-order valence-corrected chi connectivity index (χ1v) is 7.15. The van der Waals surface area contributed by atoms with E-state index in [9.17, 15) is 9.59 Å². The molecule has 0 aliphatic heterocycles. The predicted molar refractivity (Wildman–Crippen MR) is 81.8 cm³/mol. The molecule has 2 N–H and O–H groups in total. The van der Waals surface area contributed by atoms with E-state index in [0.29, 0.717) is 6.54 Å². The summed E-state index contributed by atoms with van der Waals surface area (Å²) in [5, 5.41) is 5.84. The van der Waals surface area contributed by atoms with Crippen LogP contribution in [0.1, 0.15) is 25.8 Å². The van der Waals surface area contributed by atoms with Crippen molar-refractivity contribution in [1.82, 2.24) is 10.6 Å². The molecule has 5 heteroatoms. The molecule has 1 amide bonds. The van der Waals surface area contributed by atoms with Crippen LogP contribution in [0.2, 0.25) is 0 Å². The number of esters is 1. The SMILES string of the molecule is COC(=O)C(CNC(C)CCc1ccccc1)NC(C)=O. The molecule has 0 aliphatic carbocycles. The highest BCUT2D eigenvalue weighted by Gasteiger charge is 2.20. The first-order chi connectivity index (χ1) is 10.0. The van der Waals surface area contributed by atoms with Crippen molar-refractivity contribution in [3.05, 3.63) is 35.9 Å². The van der Waals surface area contributed by atoms with Crippen molar-refractivity contribution in [1.29, 1.82) is 0 Å². The van der Waals surface area contributed by atoms with Crippen LogP contribution >= 0.6 is 0 Å². The number of aryl methyl sites for hydroxylation is 1. The lowest BCUT2D eigenvalue weighted by molar-refractivity contribution is -0.144. The van der Waals surface area contributed by atoms with Gasteiger partial charge in [-0.1, -0.05) is 30.3 Å².